The molecule has 0 spiro atoms. The molecule has 0 radical (unpaired) electrons. The van der Waals surface area contributed by atoms with Crippen LogP contribution in [0.15, 0.2) is 70.8 Å². The van der Waals surface area contributed by atoms with E-state index in [1.165, 1.54) is 37.5 Å². The summed E-state index contributed by atoms with van der Waals surface area (Å²) in [6.45, 7) is 3.90. The molecule has 2 N–H and O–H groups in total. The minimum atomic E-state index is -0.554. The Hall–Kier alpha value is -3.98. The third kappa shape index (κ3) is 6.08. The van der Waals surface area contributed by atoms with Crippen LogP contribution in [0.25, 0.3) is 6.08 Å². The smallest absolute Gasteiger partial charge is 0.272 e. The molecule has 9 heteroatoms. The van der Waals surface area contributed by atoms with Crippen LogP contribution >= 0.6 is 15.9 Å². The van der Waals surface area contributed by atoms with Crippen molar-refractivity contribution in [3.05, 3.63) is 103 Å². The lowest BCUT2D eigenvalue weighted by Crippen LogP contribution is -2.31. The van der Waals surface area contributed by atoms with Gasteiger partial charge in [0.25, 0.3) is 17.5 Å². The van der Waals surface area contributed by atoms with Crippen molar-refractivity contribution in [2.45, 2.75) is 13.8 Å². The van der Waals surface area contributed by atoms with Crippen molar-refractivity contribution in [1.82, 2.24) is 5.32 Å². The van der Waals surface area contributed by atoms with Crippen LogP contribution in [-0.4, -0.2) is 23.8 Å². The largest absolute Gasteiger partial charge is 0.496 e. The lowest BCUT2D eigenvalue weighted by Gasteiger charge is -2.14. The fraction of sp³-hybridized carbons (Fsp3) is 0.120. The van der Waals surface area contributed by atoms with Gasteiger partial charge in [0.15, 0.2) is 0 Å². The van der Waals surface area contributed by atoms with Gasteiger partial charge in [-0.3, -0.25) is 19.7 Å². The second-order valence-electron chi connectivity index (χ2n) is 7.46. The van der Waals surface area contributed by atoms with Crippen molar-refractivity contribution in [1.29, 1.82) is 0 Å². The number of nitro groups is 1. The number of hydrogen-bond donors (Lipinski definition) is 2. The third-order valence-corrected chi connectivity index (χ3v) is 5.57. The number of halogens is 1. The monoisotopic (exact) mass is 523 g/mol. The maximum atomic E-state index is 13.1. The summed E-state index contributed by atoms with van der Waals surface area (Å²) in [7, 11) is 1.44. The van der Waals surface area contributed by atoms with Gasteiger partial charge in [0, 0.05) is 22.3 Å². The first-order chi connectivity index (χ1) is 16.2. The van der Waals surface area contributed by atoms with Gasteiger partial charge in [-0.2, -0.15) is 0 Å². The number of nitrogens with one attached hydrogen (secondary N) is 2. The van der Waals surface area contributed by atoms with Crippen molar-refractivity contribution in [3.63, 3.8) is 0 Å². The van der Waals surface area contributed by atoms with E-state index in [1.807, 2.05) is 26.0 Å². The predicted octanol–water partition coefficient (Wildman–Crippen LogP) is 5.39. The molecule has 0 atom stereocenters. The van der Waals surface area contributed by atoms with Crippen LogP contribution in [0.5, 0.6) is 5.75 Å². The van der Waals surface area contributed by atoms with Crippen molar-refractivity contribution < 1.29 is 19.2 Å². The van der Waals surface area contributed by atoms with Crippen molar-refractivity contribution in [3.8, 4) is 5.75 Å². The standard InChI is InChI=1S/C25H22BrN3O5/c1-15-4-8-19(12-16(15)2)27-25(31)22(13-17-5-9-20(10-6-17)29(32)33)28-24(30)21-14-18(26)7-11-23(21)34-3/h4-14H,1-3H3,(H,27,31)(H,28,30)/b22-13-. The molecule has 174 valence electrons. The Kier molecular flexibility index (Phi) is 7.80. The molecule has 0 saturated heterocycles. The van der Waals surface area contributed by atoms with Crippen LogP contribution in [0.2, 0.25) is 0 Å². The molecular weight excluding hydrogens is 502 g/mol. The number of amides is 2. The number of rotatable bonds is 7. The van der Waals surface area contributed by atoms with Crippen LogP contribution < -0.4 is 15.4 Å². The number of nitro benzene ring substituents is 1. The first-order valence-electron chi connectivity index (χ1n) is 10.2. The summed E-state index contributed by atoms with van der Waals surface area (Å²) in [5.74, 6) is -0.768. The van der Waals surface area contributed by atoms with E-state index in [4.69, 9.17) is 4.74 Å². The number of ether oxygens (including phenoxy) is 1. The molecule has 3 aromatic rings. The van der Waals surface area contributed by atoms with Gasteiger partial charge in [-0.25, -0.2) is 0 Å². The molecule has 3 rings (SSSR count). The van der Waals surface area contributed by atoms with Gasteiger partial charge >= 0.3 is 0 Å². The summed E-state index contributed by atoms with van der Waals surface area (Å²) in [5.41, 5.74) is 3.25. The van der Waals surface area contributed by atoms with Gasteiger partial charge in [-0.1, -0.05) is 22.0 Å². The van der Waals surface area contributed by atoms with Crippen molar-refractivity contribution >= 4 is 45.2 Å². The number of methoxy groups -OCH3 is 1. The van der Waals surface area contributed by atoms with E-state index in [2.05, 4.69) is 26.6 Å². The van der Waals surface area contributed by atoms with Crippen LogP contribution in [0.1, 0.15) is 27.0 Å². The van der Waals surface area contributed by atoms with Crippen LogP contribution in [0, 0.1) is 24.0 Å². The second kappa shape index (κ2) is 10.8. The normalized spacial score (nSPS) is 11.0. The molecule has 0 unspecified atom stereocenters. The number of aryl methyl sites for hydroxylation is 2. The molecule has 0 fully saturated rings. The molecule has 0 aliphatic carbocycles. The number of non-ortho nitro benzene ring substituents is 1. The Labute approximate surface area is 204 Å². The first-order valence-corrected chi connectivity index (χ1v) is 11.0. The average molecular weight is 524 g/mol. The predicted molar refractivity (Wildman–Crippen MR) is 134 cm³/mol. The number of nitrogens with zero attached hydrogens (tertiary/aromatic N) is 1. The Morgan fingerprint density at radius 1 is 1.00 bits per heavy atom. The maximum absolute atomic E-state index is 13.1. The minimum absolute atomic E-state index is 0.0425. The van der Waals surface area contributed by atoms with Gasteiger partial charge in [0.1, 0.15) is 11.4 Å². The van der Waals surface area contributed by atoms with Gasteiger partial charge in [-0.15, -0.1) is 0 Å². The fourth-order valence-electron chi connectivity index (χ4n) is 3.08. The zero-order chi connectivity index (χ0) is 24.8. The Balaban J connectivity index is 1.96. The van der Waals surface area contributed by atoms with Crippen LogP contribution in [-0.2, 0) is 4.79 Å². The molecule has 34 heavy (non-hydrogen) atoms. The van der Waals surface area contributed by atoms with E-state index in [9.17, 15) is 19.7 Å². The van der Waals surface area contributed by atoms with E-state index in [-0.39, 0.29) is 16.9 Å². The second-order valence-corrected chi connectivity index (χ2v) is 8.37. The highest BCUT2D eigenvalue weighted by molar-refractivity contribution is 9.10. The summed E-state index contributed by atoms with van der Waals surface area (Å²) >= 11 is 3.33. The number of benzene rings is 3. The molecule has 0 bridgehead atoms. The zero-order valence-corrected chi connectivity index (χ0v) is 20.3. The molecule has 0 heterocycles. The molecule has 0 aliphatic heterocycles. The molecule has 0 saturated carbocycles. The Morgan fingerprint density at radius 3 is 2.32 bits per heavy atom. The lowest BCUT2D eigenvalue weighted by atomic mass is 10.1. The number of anilines is 1. The summed E-state index contributed by atoms with van der Waals surface area (Å²) in [4.78, 5) is 36.6. The number of hydrogen-bond acceptors (Lipinski definition) is 5. The maximum Gasteiger partial charge on any atom is 0.272 e. The summed E-state index contributed by atoms with van der Waals surface area (Å²) in [5, 5.41) is 16.4. The molecule has 3 aromatic carbocycles. The van der Waals surface area contributed by atoms with E-state index >= 15 is 0 Å². The van der Waals surface area contributed by atoms with E-state index in [0.717, 1.165) is 11.1 Å². The molecular formula is C25H22BrN3O5. The van der Waals surface area contributed by atoms with Crippen molar-refractivity contribution in [2.75, 3.05) is 12.4 Å². The topological polar surface area (TPSA) is 111 Å². The summed E-state index contributed by atoms with van der Waals surface area (Å²) in [6.07, 6.45) is 1.45. The van der Waals surface area contributed by atoms with Crippen molar-refractivity contribution in [2.24, 2.45) is 0 Å². The van der Waals surface area contributed by atoms with E-state index in [1.54, 1.807) is 24.3 Å². The minimum Gasteiger partial charge on any atom is -0.496 e. The van der Waals surface area contributed by atoms with Gasteiger partial charge < -0.3 is 15.4 Å². The SMILES string of the molecule is COc1ccc(Br)cc1C(=O)N/C(=C\c1ccc([N+](=O)[O-])cc1)C(=O)Nc1ccc(C)c(C)c1. The first kappa shape index (κ1) is 24.7. The highest BCUT2D eigenvalue weighted by Crippen LogP contribution is 2.24. The Morgan fingerprint density at radius 2 is 1.71 bits per heavy atom. The lowest BCUT2D eigenvalue weighted by molar-refractivity contribution is -0.384. The van der Waals surface area contributed by atoms with Crippen LogP contribution in [0.4, 0.5) is 11.4 Å². The quantitative estimate of drug-likeness (QED) is 0.245. The highest BCUT2D eigenvalue weighted by Gasteiger charge is 2.19. The van der Waals surface area contributed by atoms with Gasteiger partial charge in [-0.05, 0) is 79.1 Å². The fourth-order valence-corrected chi connectivity index (χ4v) is 3.44. The molecule has 0 aliphatic rings. The van der Waals surface area contributed by atoms with Gasteiger partial charge in [0.05, 0.1) is 17.6 Å². The van der Waals surface area contributed by atoms with Gasteiger partial charge in [0.2, 0.25) is 0 Å². The van der Waals surface area contributed by atoms with Crippen LogP contribution in [0.3, 0.4) is 0 Å². The Bertz CT molecular complexity index is 1290. The number of carbonyl (C=O) groups excluding carboxylic acids is 2. The summed E-state index contributed by atoms with van der Waals surface area (Å²) in [6, 6.07) is 16.1. The van der Waals surface area contributed by atoms with E-state index in [0.29, 0.717) is 21.5 Å². The number of carbonyl (C=O) groups is 2. The third-order valence-electron chi connectivity index (χ3n) is 5.08. The molecule has 8 nitrogen and oxygen atoms in total. The molecule has 2 amide bonds. The van der Waals surface area contributed by atoms with E-state index < -0.39 is 16.7 Å². The highest BCUT2D eigenvalue weighted by atomic mass is 79.9. The summed E-state index contributed by atoms with van der Waals surface area (Å²) < 4.78 is 5.94. The molecule has 0 aromatic heterocycles. The zero-order valence-electron chi connectivity index (χ0n) is 18.7. The average Bonchev–Trinajstić information content (AvgIpc) is 2.81.